The van der Waals surface area contributed by atoms with Crippen LogP contribution in [0.1, 0.15) is 16.7 Å². The molecule has 0 bridgehead atoms. The zero-order chi connectivity index (χ0) is 30.3. The van der Waals surface area contributed by atoms with E-state index < -0.39 is 28.5 Å². The quantitative estimate of drug-likeness (QED) is 0.213. The van der Waals surface area contributed by atoms with E-state index in [4.69, 9.17) is 11.6 Å². The van der Waals surface area contributed by atoms with Crippen LogP contribution in [0.3, 0.4) is 0 Å². The summed E-state index contributed by atoms with van der Waals surface area (Å²) in [6.07, 6.45) is 0.241. The number of likely N-dealkylation sites (N-methyl/N-ethyl adjacent to an activating group) is 1. The number of amides is 2. The van der Waals surface area contributed by atoms with Gasteiger partial charge in [0.1, 0.15) is 12.6 Å². The van der Waals surface area contributed by atoms with Crippen molar-refractivity contribution < 1.29 is 18.0 Å². The van der Waals surface area contributed by atoms with Crippen molar-refractivity contribution in [1.29, 1.82) is 0 Å². The lowest BCUT2D eigenvalue weighted by Gasteiger charge is -2.33. The molecular formula is C32H31BrClN3O4S. The number of carbonyl (C=O) groups excluding carboxylic acids is 2. The molecule has 0 aliphatic carbocycles. The Morgan fingerprint density at radius 2 is 1.50 bits per heavy atom. The number of aryl methyl sites for hydroxylation is 1. The number of rotatable bonds is 11. The third-order valence-electron chi connectivity index (χ3n) is 6.84. The van der Waals surface area contributed by atoms with Crippen molar-refractivity contribution in [1.82, 2.24) is 10.2 Å². The Kier molecular flexibility index (Phi) is 10.4. The maximum absolute atomic E-state index is 14.3. The van der Waals surface area contributed by atoms with E-state index in [1.165, 1.54) is 30.1 Å². The highest BCUT2D eigenvalue weighted by atomic mass is 79.9. The van der Waals surface area contributed by atoms with Crippen LogP contribution >= 0.6 is 27.5 Å². The van der Waals surface area contributed by atoms with Gasteiger partial charge in [-0.05, 0) is 60.0 Å². The van der Waals surface area contributed by atoms with E-state index in [1.54, 1.807) is 30.3 Å². The lowest BCUT2D eigenvalue weighted by Crippen LogP contribution is -2.53. The monoisotopic (exact) mass is 667 g/mol. The molecule has 42 heavy (non-hydrogen) atoms. The Hall–Kier alpha value is -3.66. The van der Waals surface area contributed by atoms with Crippen LogP contribution in [0.2, 0.25) is 5.02 Å². The van der Waals surface area contributed by atoms with E-state index in [1.807, 2.05) is 61.5 Å². The number of hydrogen-bond donors (Lipinski definition) is 1. The summed E-state index contributed by atoms with van der Waals surface area (Å²) in [5, 5.41) is 3.05. The van der Waals surface area contributed by atoms with Gasteiger partial charge in [0.05, 0.1) is 10.6 Å². The van der Waals surface area contributed by atoms with Gasteiger partial charge < -0.3 is 10.2 Å². The first-order valence-electron chi connectivity index (χ1n) is 13.2. The summed E-state index contributed by atoms with van der Waals surface area (Å²) in [6, 6.07) is 28.7. The molecule has 0 spiro atoms. The first-order chi connectivity index (χ1) is 20.1. The lowest BCUT2D eigenvalue weighted by molar-refractivity contribution is -0.139. The normalized spacial score (nSPS) is 11.9. The molecule has 0 aliphatic rings. The molecule has 0 saturated heterocycles. The van der Waals surface area contributed by atoms with E-state index in [0.717, 1.165) is 25.5 Å². The van der Waals surface area contributed by atoms with Gasteiger partial charge in [0.2, 0.25) is 11.8 Å². The lowest BCUT2D eigenvalue weighted by atomic mass is 10.0. The average molecular weight is 669 g/mol. The minimum atomic E-state index is -4.18. The van der Waals surface area contributed by atoms with E-state index in [-0.39, 0.29) is 29.5 Å². The topological polar surface area (TPSA) is 86.8 Å². The number of anilines is 1. The van der Waals surface area contributed by atoms with Crippen LogP contribution in [-0.2, 0) is 32.6 Å². The van der Waals surface area contributed by atoms with Gasteiger partial charge in [-0.1, -0.05) is 94.3 Å². The van der Waals surface area contributed by atoms with E-state index in [2.05, 4.69) is 21.2 Å². The second kappa shape index (κ2) is 14.0. The summed E-state index contributed by atoms with van der Waals surface area (Å²) in [6.45, 7) is 1.35. The van der Waals surface area contributed by atoms with Gasteiger partial charge in [0, 0.05) is 29.5 Å². The van der Waals surface area contributed by atoms with Crippen LogP contribution in [0.5, 0.6) is 0 Å². The van der Waals surface area contributed by atoms with Crippen molar-refractivity contribution in [3.63, 3.8) is 0 Å². The van der Waals surface area contributed by atoms with Crippen molar-refractivity contribution in [2.75, 3.05) is 17.9 Å². The van der Waals surface area contributed by atoms with Gasteiger partial charge in [-0.3, -0.25) is 13.9 Å². The molecule has 0 unspecified atom stereocenters. The molecule has 1 N–H and O–H groups in total. The molecule has 10 heteroatoms. The second-order valence-corrected chi connectivity index (χ2v) is 12.9. The molecular weight excluding hydrogens is 638 g/mol. The summed E-state index contributed by atoms with van der Waals surface area (Å²) in [4.78, 5) is 29.1. The van der Waals surface area contributed by atoms with Crippen molar-refractivity contribution in [3.8, 4) is 0 Å². The summed E-state index contributed by atoms with van der Waals surface area (Å²) < 4.78 is 29.8. The molecule has 1 atom stereocenters. The van der Waals surface area contributed by atoms with Gasteiger partial charge in [0.25, 0.3) is 10.0 Å². The predicted molar refractivity (Wildman–Crippen MR) is 170 cm³/mol. The summed E-state index contributed by atoms with van der Waals surface area (Å²) in [7, 11) is -2.66. The van der Waals surface area contributed by atoms with Gasteiger partial charge in [-0.25, -0.2) is 8.42 Å². The van der Waals surface area contributed by atoms with Gasteiger partial charge in [-0.15, -0.1) is 0 Å². The molecule has 7 nitrogen and oxygen atoms in total. The number of halogens is 2. The zero-order valence-electron chi connectivity index (χ0n) is 23.2. The summed E-state index contributed by atoms with van der Waals surface area (Å²) >= 11 is 9.83. The highest BCUT2D eigenvalue weighted by molar-refractivity contribution is 9.10. The van der Waals surface area contributed by atoms with Gasteiger partial charge >= 0.3 is 0 Å². The number of nitrogens with zero attached hydrogens (tertiary/aromatic N) is 2. The molecule has 0 radical (unpaired) electrons. The maximum atomic E-state index is 14.3. The molecule has 4 aromatic carbocycles. The Labute approximate surface area is 260 Å². The molecule has 0 aromatic heterocycles. The summed E-state index contributed by atoms with van der Waals surface area (Å²) in [5.41, 5.74) is 2.65. The van der Waals surface area contributed by atoms with Crippen LogP contribution in [0.15, 0.2) is 112 Å². The largest absolute Gasteiger partial charge is 0.357 e. The SMILES string of the molecule is CNC(=O)[C@H](Cc1ccccc1)N(Cc1ccc(Br)cc1)C(=O)CN(c1ccc(C)c(Cl)c1)S(=O)(=O)c1ccccc1. The fraction of sp³-hybridized carbons (Fsp3) is 0.188. The molecule has 2 amide bonds. The zero-order valence-corrected chi connectivity index (χ0v) is 26.4. The summed E-state index contributed by atoms with van der Waals surface area (Å²) in [5.74, 6) is -0.904. The Morgan fingerprint density at radius 1 is 0.881 bits per heavy atom. The molecule has 0 saturated carbocycles. The molecule has 4 aromatic rings. The van der Waals surface area contributed by atoms with Crippen molar-refractivity contribution in [2.24, 2.45) is 0 Å². The van der Waals surface area contributed by atoms with E-state index in [9.17, 15) is 18.0 Å². The van der Waals surface area contributed by atoms with Gasteiger partial charge in [-0.2, -0.15) is 0 Å². The molecule has 4 rings (SSSR count). The standard InChI is InChI=1S/C32H31BrClN3O4S/c1-23-13-18-27(20-29(23)34)37(42(40,41)28-11-7-4-8-12-28)22-31(38)36(21-25-14-16-26(33)17-15-25)30(32(39)35-2)19-24-9-5-3-6-10-24/h3-18,20,30H,19,21-22H2,1-2H3,(H,35,39)/t30-/m0/s1. The van der Waals surface area contributed by atoms with Crippen LogP contribution in [0, 0.1) is 6.92 Å². The second-order valence-electron chi connectivity index (χ2n) is 9.73. The van der Waals surface area contributed by atoms with Crippen LogP contribution in [0.4, 0.5) is 5.69 Å². The first kappa shape index (κ1) is 31.3. The molecule has 218 valence electrons. The van der Waals surface area contributed by atoms with Gasteiger partial charge in [0.15, 0.2) is 0 Å². The number of sulfonamides is 1. The number of nitrogens with one attached hydrogen (secondary N) is 1. The van der Waals surface area contributed by atoms with Crippen LogP contribution < -0.4 is 9.62 Å². The Balaban J connectivity index is 1.79. The number of hydrogen-bond acceptors (Lipinski definition) is 4. The maximum Gasteiger partial charge on any atom is 0.264 e. The molecule has 0 heterocycles. The van der Waals surface area contributed by atoms with Crippen molar-refractivity contribution in [2.45, 2.75) is 30.8 Å². The highest BCUT2D eigenvalue weighted by Gasteiger charge is 2.34. The third kappa shape index (κ3) is 7.59. The van der Waals surface area contributed by atoms with E-state index >= 15 is 0 Å². The predicted octanol–water partition coefficient (Wildman–Crippen LogP) is 5.99. The first-order valence-corrected chi connectivity index (χ1v) is 15.8. The highest BCUT2D eigenvalue weighted by Crippen LogP contribution is 2.29. The number of carbonyl (C=O) groups is 2. The van der Waals surface area contributed by atoms with Crippen LogP contribution in [-0.4, -0.2) is 44.8 Å². The fourth-order valence-corrected chi connectivity index (χ4v) is 6.36. The smallest absolute Gasteiger partial charge is 0.264 e. The Morgan fingerprint density at radius 3 is 2.10 bits per heavy atom. The minimum absolute atomic E-state index is 0.0288. The third-order valence-corrected chi connectivity index (χ3v) is 9.56. The number of benzene rings is 4. The molecule has 0 fully saturated rings. The van der Waals surface area contributed by atoms with E-state index in [0.29, 0.717) is 5.02 Å². The molecule has 0 aliphatic heterocycles. The van der Waals surface area contributed by atoms with Crippen LogP contribution in [0.25, 0.3) is 0 Å². The Bertz CT molecular complexity index is 1640. The van der Waals surface area contributed by atoms with Crippen molar-refractivity contribution >= 4 is 55.1 Å². The van der Waals surface area contributed by atoms with Crippen molar-refractivity contribution in [3.05, 3.63) is 129 Å². The average Bonchev–Trinajstić information content (AvgIpc) is 3.00. The minimum Gasteiger partial charge on any atom is -0.357 e. The fourth-order valence-electron chi connectivity index (χ4n) is 4.49.